The minimum atomic E-state index is 0.131. The molecular formula is C14H19N3O. The number of ether oxygens (including phenoxy) is 1. The maximum absolute atomic E-state index is 5.79. The zero-order valence-corrected chi connectivity index (χ0v) is 11.1. The van der Waals surface area contributed by atoms with E-state index in [2.05, 4.69) is 16.9 Å². The zero-order chi connectivity index (χ0) is 13.0. The van der Waals surface area contributed by atoms with E-state index in [0.717, 1.165) is 30.2 Å². The number of nitrogens with zero attached hydrogens (tertiary/aromatic N) is 3. The van der Waals surface area contributed by atoms with Gasteiger partial charge in [0, 0.05) is 25.0 Å². The van der Waals surface area contributed by atoms with Crippen LogP contribution in [0.1, 0.15) is 33.0 Å². The summed E-state index contributed by atoms with van der Waals surface area (Å²) in [6.45, 7) is 6.16. The number of pyridine rings is 1. The van der Waals surface area contributed by atoms with E-state index in [1.807, 2.05) is 36.7 Å². The highest BCUT2D eigenvalue weighted by molar-refractivity contribution is 5.41. The van der Waals surface area contributed by atoms with Gasteiger partial charge in [-0.15, -0.1) is 0 Å². The van der Waals surface area contributed by atoms with Gasteiger partial charge in [0.15, 0.2) is 11.6 Å². The molecule has 2 aromatic heterocycles. The molecule has 0 N–H and O–H groups in total. The minimum absolute atomic E-state index is 0.131. The second-order valence-electron chi connectivity index (χ2n) is 4.46. The molecule has 0 unspecified atom stereocenters. The molecule has 0 aliphatic heterocycles. The van der Waals surface area contributed by atoms with E-state index in [1.165, 1.54) is 0 Å². The Bertz CT molecular complexity index is 505. The van der Waals surface area contributed by atoms with E-state index in [9.17, 15) is 0 Å². The van der Waals surface area contributed by atoms with Gasteiger partial charge in [0.05, 0.1) is 6.10 Å². The summed E-state index contributed by atoms with van der Waals surface area (Å²) in [4.78, 5) is 8.79. The number of hydrogen-bond acceptors (Lipinski definition) is 3. The molecule has 0 saturated carbocycles. The van der Waals surface area contributed by atoms with Crippen molar-refractivity contribution >= 4 is 0 Å². The van der Waals surface area contributed by atoms with Crippen molar-refractivity contribution in [2.45, 2.75) is 39.7 Å². The third kappa shape index (κ3) is 2.70. The molecule has 0 aliphatic rings. The van der Waals surface area contributed by atoms with Crippen LogP contribution < -0.4 is 4.74 Å². The van der Waals surface area contributed by atoms with E-state index in [-0.39, 0.29) is 6.10 Å². The Morgan fingerprint density at radius 3 is 2.83 bits per heavy atom. The summed E-state index contributed by atoms with van der Waals surface area (Å²) in [7, 11) is 0. The molecule has 4 nitrogen and oxygen atoms in total. The van der Waals surface area contributed by atoms with Crippen molar-refractivity contribution in [3.05, 3.63) is 36.5 Å². The van der Waals surface area contributed by atoms with Crippen molar-refractivity contribution in [2.24, 2.45) is 0 Å². The molecule has 0 amide bonds. The van der Waals surface area contributed by atoms with Gasteiger partial charge >= 0.3 is 0 Å². The minimum Gasteiger partial charge on any atom is -0.487 e. The summed E-state index contributed by atoms with van der Waals surface area (Å²) in [5, 5.41) is 0. The molecular weight excluding hydrogens is 226 g/mol. The van der Waals surface area contributed by atoms with Crippen LogP contribution in [-0.4, -0.2) is 20.6 Å². The topological polar surface area (TPSA) is 39.9 Å². The average Bonchev–Trinajstić information content (AvgIpc) is 2.78. The van der Waals surface area contributed by atoms with Gasteiger partial charge in [0.2, 0.25) is 0 Å². The molecule has 0 fully saturated rings. The van der Waals surface area contributed by atoms with Crippen molar-refractivity contribution < 1.29 is 4.74 Å². The normalized spacial score (nSPS) is 10.9. The van der Waals surface area contributed by atoms with Crippen molar-refractivity contribution in [1.82, 2.24) is 14.5 Å². The molecule has 96 valence electrons. The average molecular weight is 245 g/mol. The van der Waals surface area contributed by atoms with Gasteiger partial charge in [0.25, 0.3) is 0 Å². The van der Waals surface area contributed by atoms with E-state index < -0.39 is 0 Å². The Balaban J connectivity index is 2.40. The summed E-state index contributed by atoms with van der Waals surface area (Å²) in [5.74, 6) is 2.62. The standard InChI is InChI=1S/C14H19N3O/c1-4-6-13-15-9-10-17(13)14-12(18-11(2)3)7-5-8-16-14/h5,7-11H,4,6H2,1-3H3. The molecule has 0 aliphatic carbocycles. The first kappa shape index (κ1) is 12.6. The number of aromatic nitrogens is 3. The molecule has 0 saturated heterocycles. The second-order valence-corrected chi connectivity index (χ2v) is 4.46. The highest BCUT2D eigenvalue weighted by atomic mass is 16.5. The summed E-state index contributed by atoms with van der Waals surface area (Å²) in [5.41, 5.74) is 0. The molecule has 0 bridgehead atoms. The Morgan fingerprint density at radius 2 is 2.11 bits per heavy atom. The molecule has 0 spiro atoms. The zero-order valence-electron chi connectivity index (χ0n) is 11.1. The highest BCUT2D eigenvalue weighted by Gasteiger charge is 2.11. The largest absolute Gasteiger partial charge is 0.487 e. The molecule has 0 atom stereocenters. The van der Waals surface area contributed by atoms with E-state index in [1.54, 1.807) is 12.4 Å². The molecule has 2 aromatic rings. The smallest absolute Gasteiger partial charge is 0.181 e. The number of imidazole rings is 1. The first-order valence-corrected chi connectivity index (χ1v) is 6.36. The fraction of sp³-hybridized carbons (Fsp3) is 0.429. The van der Waals surface area contributed by atoms with E-state index >= 15 is 0 Å². The first-order valence-electron chi connectivity index (χ1n) is 6.36. The molecule has 18 heavy (non-hydrogen) atoms. The fourth-order valence-electron chi connectivity index (χ4n) is 1.84. The molecule has 0 aromatic carbocycles. The lowest BCUT2D eigenvalue weighted by molar-refractivity contribution is 0.240. The molecule has 0 radical (unpaired) electrons. The van der Waals surface area contributed by atoms with E-state index in [4.69, 9.17) is 4.74 Å². The van der Waals surface area contributed by atoms with Gasteiger partial charge in [-0.3, -0.25) is 4.57 Å². The van der Waals surface area contributed by atoms with Gasteiger partial charge in [-0.25, -0.2) is 9.97 Å². The molecule has 2 rings (SSSR count). The summed E-state index contributed by atoms with van der Waals surface area (Å²) >= 11 is 0. The van der Waals surface area contributed by atoms with Crippen LogP contribution in [0.15, 0.2) is 30.7 Å². The van der Waals surface area contributed by atoms with Crippen LogP contribution in [-0.2, 0) is 6.42 Å². The number of rotatable bonds is 5. The monoisotopic (exact) mass is 245 g/mol. The SMILES string of the molecule is CCCc1nccn1-c1ncccc1OC(C)C. The predicted molar refractivity (Wildman–Crippen MR) is 71.1 cm³/mol. The summed E-state index contributed by atoms with van der Waals surface area (Å²) < 4.78 is 7.79. The fourth-order valence-corrected chi connectivity index (χ4v) is 1.84. The summed E-state index contributed by atoms with van der Waals surface area (Å²) in [6.07, 6.45) is 7.64. The lowest BCUT2D eigenvalue weighted by Crippen LogP contribution is -2.10. The van der Waals surface area contributed by atoms with Crippen molar-refractivity contribution in [3.8, 4) is 11.6 Å². The lowest BCUT2D eigenvalue weighted by Gasteiger charge is -2.14. The molecule has 4 heteroatoms. The Labute approximate surface area is 108 Å². The third-order valence-electron chi connectivity index (χ3n) is 2.53. The van der Waals surface area contributed by atoms with E-state index in [0.29, 0.717) is 0 Å². The third-order valence-corrected chi connectivity index (χ3v) is 2.53. The Morgan fingerprint density at radius 1 is 1.28 bits per heavy atom. The van der Waals surface area contributed by atoms with Crippen molar-refractivity contribution in [2.75, 3.05) is 0 Å². The second kappa shape index (κ2) is 5.67. The van der Waals surface area contributed by atoms with Crippen LogP contribution in [0.25, 0.3) is 5.82 Å². The lowest BCUT2D eigenvalue weighted by atomic mass is 10.3. The number of hydrogen-bond donors (Lipinski definition) is 0. The van der Waals surface area contributed by atoms with Crippen LogP contribution in [0.2, 0.25) is 0 Å². The Hall–Kier alpha value is -1.84. The van der Waals surface area contributed by atoms with Gasteiger partial charge < -0.3 is 4.74 Å². The van der Waals surface area contributed by atoms with Crippen LogP contribution in [0.4, 0.5) is 0 Å². The Kier molecular flexibility index (Phi) is 3.97. The van der Waals surface area contributed by atoms with Gasteiger partial charge in [-0.1, -0.05) is 6.92 Å². The summed E-state index contributed by atoms with van der Waals surface area (Å²) in [6, 6.07) is 3.83. The first-order chi connectivity index (χ1) is 8.72. The number of aryl methyl sites for hydroxylation is 1. The van der Waals surface area contributed by atoms with Crippen LogP contribution in [0.3, 0.4) is 0 Å². The van der Waals surface area contributed by atoms with Crippen LogP contribution in [0, 0.1) is 0 Å². The van der Waals surface area contributed by atoms with Crippen LogP contribution >= 0.6 is 0 Å². The quantitative estimate of drug-likeness (QED) is 0.813. The van der Waals surface area contributed by atoms with Crippen molar-refractivity contribution in [3.63, 3.8) is 0 Å². The highest BCUT2D eigenvalue weighted by Crippen LogP contribution is 2.22. The predicted octanol–water partition coefficient (Wildman–Crippen LogP) is 3.01. The maximum Gasteiger partial charge on any atom is 0.181 e. The van der Waals surface area contributed by atoms with Crippen molar-refractivity contribution in [1.29, 1.82) is 0 Å². The van der Waals surface area contributed by atoms with Gasteiger partial charge in [0.1, 0.15) is 5.82 Å². The van der Waals surface area contributed by atoms with Crippen LogP contribution in [0.5, 0.6) is 5.75 Å². The van der Waals surface area contributed by atoms with Gasteiger partial charge in [-0.05, 0) is 32.4 Å². The van der Waals surface area contributed by atoms with Gasteiger partial charge in [-0.2, -0.15) is 0 Å². The molecule has 2 heterocycles. The maximum atomic E-state index is 5.79.